The highest BCUT2D eigenvalue weighted by Crippen LogP contribution is 2.34. The second kappa shape index (κ2) is 8.86. The Morgan fingerprint density at radius 2 is 1.97 bits per heavy atom. The van der Waals surface area contributed by atoms with E-state index >= 15 is 0 Å². The van der Waals surface area contributed by atoms with Crippen molar-refractivity contribution < 1.29 is 31.2 Å². The first kappa shape index (κ1) is 23.4. The molecule has 1 aliphatic heterocycles. The van der Waals surface area contributed by atoms with Gasteiger partial charge in [0.15, 0.2) is 5.13 Å². The summed E-state index contributed by atoms with van der Waals surface area (Å²) >= 11 is 1.20. The van der Waals surface area contributed by atoms with E-state index in [9.17, 15) is 26.7 Å². The lowest BCUT2D eigenvalue weighted by Gasteiger charge is -2.31. The van der Waals surface area contributed by atoms with Crippen molar-refractivity contribution in [3.05, 3.63) is 58.3 Å². The van der Waals surface area contributed by atoms with Crippen LogP contribution in [0.3, 0.4) is 0 Å². The van der Waals surface area contributed by atoms with Gasteiger partial charge in [-0.15, -0.1) is 11.3 Å². The normalized spacial score (nSPS) is 16.7. The number of likely N-dealkylation sites (tertiary alicyclic amines) is 1. The number of amides is 1. The van der Waals surface area contributed by atoms with Crippen LogP contribution in [0.15, 0.2) is 40.1 Å². The molecule has 1 fully saturated rings. The van der Waals surface area contributed by atoms with Gasteiger partial charge in [-0.1, -0.05) is 12.1 Å². The van der Waals surface area contributed by atoms with Gasteiger partial charge in [-0.2, -0.15) is 13.2 Å². The van der Waals surface area contributed by atoms with Gasteiger partial charge in [-0.3, -0.25) is 15.0 Å². The number of benzene rings is 1. The highest BCUT2D eigenvalue weighted by molar-refractivity contribution is 7.14. The Balaban J connectivity index is 1.42. The molecule has 0 aliphatic carbocycles. The molecule has 5 nitrogen and oxygen atoms in total. The average molecular weight is 485 g/mol. The molecule has 4 rings (SSSR count). The first-order valence-corrected chi connectivity index (χ1v) is 11.0. The molecule has 3 heterocycles. The quantitative estimate of drug-likeness (QED) is 0.437. The predicted molar refractivity (Wildman–Crippen MR) is 113 cm³/mol. The molecule has 2 aromatic heterocycles. The molecule has 1 amide bonds. The number of hydrogen-bond acceptors (Lipinski definition) is 5. The average Bonchev–Trinajstić information content (AvgIpc) is 3.35. The van der Waals surface area contributed by atoms with E-state index in [0.29, 0.717) is 17.4 Å². The number of carbonyl (C=O) groups excluding carboxylic acids is 1. The first-order chi connectivity index (χ1) is 15.5. The summed E-state index contributed by atoms with van der Waals surface area (Å²) in [5.41, 5.74) is 0.231. The maximum atomic E-state index is 13.3. The number of aryl methyl sites for hydroxylation is 1. The molecule has 1 N–H and O–H groups in total. The Morgan fingerprint density at radius 3 is 2.67 bits per heavy atom. The lowest BCUT2D eigenvalue weighted by atomic mass is 10.1. The van der Waals surface area contributed by atoms with Gasteiger partial charge in [-0.25, -0.2) is 13.8 Å². The maximum Gasteiger partial charge on any atom is 0.416 e. The van der Waals surface area contributed by atoms with Crippen molar-refractivity contribution in [1.29, 1.82) is 0 Å². The zero-order valence-corrected chi connectivity index (χ0v) is 18.3. The van der Waals surface area contributed by atoms with Crippen LogP contribution in [0.2, 0.25) is 0 Å². The predicted octanol–water partition coefficient (Wildman–Crippen LogP) is 6.21. The molecule has 33 heavy (non-hydrogen) atoms. The number of alkyl halides is 5. The fraction of sp³-hybridized carbons (Fsp3) is 0.364. The van der Waals surface area contributed by atoms with Crippen LogP contribution in [0.25, 0.3) is 11.3 Å². The molecular weight excluding hydrogens is 465 g/mol. The Hall–Kier alpha value is -2.79. The lowest BCUT2D eigenvalue weighted by molar-refractivity contribution is -0.137. The van der Waals surface area contributed by atoms with E-state index in [1.165, 1.54) is 29.5 Å². The third-order valence-corrected chi connectivity index (χ3v) is 6.19. The second-order valence-electron chi connectivity index (χ2n) is 7.89. The zero-order chi connectivity index (χ0) is 23.8. The van der Waals surface area contributed by atoms with E-state index in [-0.39, 0.29) is 48.6 Å². The molecule has 0 unspecified atom stereocenters. The summed E-state index contributed by atoms with van der Waals surface area (Å²) in [4.78, 5) is 18.9. The molecule has 11 heteroatoms. The van der Waals surface area contributed by atoms with Gasteiger partial charge in [0.05, 0.1) is 16.8 Å². The number of aromatic nitrogens is 1. The second-order valence-corrected chi connectivity index (χ2v) is 8.75. The minimum absolute atomic E-state index is 0.144. The van der Waals surface area contributed by atoms with Crippen molar-refractivity contribution >= 4 is 22.4 Å². The summed E-state index contributed by atoms with van der Waals surface area (Å²) in [5.74, 6) is -2.73. The van der Waals surface area contributed by atoms with Crippen LogP contribution in [0.4, 0.5) is 27.1 Å². The van der Waals surface area contributed by atoms with E-state index < -0.39 is 23.6 Å². The van der Waals surface area contributed by atoms with Crippen LogP contribution in [0, 0.1) is 6.92 Å². The number of furan rings is 1. The van der Waals surface area contributed by atoms with E-state index in [4.69, 9.17) is 4.42 Å². The number of thiazole rings is 1. The Labute approximate surface area is 190 Å². The molecule has 1 aliphatic rings. The van der Waals surface area contributed by atoms with E-state index in [1.807, 2.05) is 4.90 Å². The van der Waals surface area contributed by atoms with Crippen molar-refractivity contribution in [3.8, 4) is 11.3 Å². The van der Waals surface area contributed by atoms with Crippen molar-refractivity contribution in [2.24, 2.45) is 0 Å². The highest BCUT2D eigenvalue weighted by Gasteiger charge is 2.34. The number of carbonyl (C=O) groups is 1. The topological polar surface area (TPSA) is 58.4 Å². The SMILES string of the molecule is Cc1oc(-c2cccc(C(F)(F)F)c2)cc1C(=O)Nc1nc(CN2CCC(F)(F)CC2)cs1. The minimum Gasteiger partial charge on any atom is -0.461 e. The zero-order valence-electron chi connectivity index (χ0n) is 17.5. The molecule has 1 aromatic carbocycles. The van der Waals surface area contributed by atoms with Gasteiger partial charge >= 0.3 is 6.18 Å². The fourth-order valence-corrected chi connectivity index (χ4v) is 4.26. The molecule has 0 saturated carbocycles. The van der Waals surface area contributed by atoms with Crippen LogP contribution in [0.5, 0.6) is 0 Å². The standard InChI is InChI=1S/C22H20F5N3O2S/c1-13-17(10-18(32-13)14-3-2-4-15(9-14)22(25,26)27)19(31)29-20-28-16(12-33-20)11-30-7-5-21(23,24)6-8-30/h2-4,9-10,12H,5-8,11H2,1H3,(H,28,29,31). The smallest absolute Gasteiger partial charge is 0.416 e. The third-order valence-electron chi connectivity index (χ3n) is 5.38. The van der Waals surface area contributed by atoms with Gasteiger partial charge < -0.3 is 4.42 Å². The van der Waals surface area contributed by atoms with Crippen LogP contribution in [0.1, 0.15) is 40.2 Å². The molecule has 0 atom stereocenters. The third kappa shape index (κ3) is 5.59. The van der Waals surface area contributed by atoms with Gasteiger partial charge in [0.2, 0.25) is 0 Å². The fourth-order valence-electron chi connectivity index (χ4n) is 3.57. The number of piperidine rings is 1. The monoisotopic (exact) mass is 485 g/mol. The van der Waals surface area contributed by atoms with Crippen molar-refractivity contribution in [3.63, 3.8) is 0 Å². The minimum atomic E-state index is -4.49. The number of anilines is 1. The Kier molecular flexibility index (Phi) is 6.28. The Morgan fingerprint density at radius 1 is 1.24 bits per heavy atom. The van der Waals surface area contributed by atoms with Gasteiger partial charge in [-0.05, 0) is 25.1 Å². The molecule has 1 saturated heterocycles. The summed E-state index contributed by atoms with van der Waals surface area (Å²) in [5, 5.41) is 4.74. The van der Waals surface area contributed by atoms with Gasteiger partial charge in [0, 0.05) is 43.4 Å². The Bertz CT molecular complexity index is 1150. The number of nitrogens with zero attached hydrogens (tertiary/aromatic N) is 2. The van der Waals surface area contributed by atoms with E-state index in [0.717, 1.165) is 12.1 Å². The molecule has 3 aromatic rings. The maximum absolute atomic E-state index is 13.3. The van der Waals surface area contributed by atoms with Crippen LogP contribution < -0.4 is 5.32 Å². The summed E-state index contributed by atoms with van der Waals surface area (Å²) < 4.78 is 71.1. The largest absolute Gasteiger partial charge is 0.461 e. The molecule has 176 valence electrons. The summed E-state index contributed by atoms with van der Waals surface area (Å²) in [6, 6.07) is 6.06. The van der Waals surface area contributed by atoms with Crippen molar-refractivity contribution in [2.45, 2.75) is 38.4 Å². The van der Waals surface area contributed by atoms with Crippen LogP contribution >= 0.6 is 11.3 Å². The van der Waals surface area contributed by atoms with E-state index in [2.05, 4.69) is 10.3 Å². The van der Waals surface area contributed by atoms with Crippen LogP contribution in [-0.4, -0.2) is 34.8 Å². The number of nitrogens with one attached hydrogen (secondary N) is 1. The highest BCUT2D eigenvalue weighted by atomic mass is 32.1. The summed E-state index contributed by atoms with van der Waals surface area (Å²) in [6.07, 6.45) is -4.86. The van der Waals surface area contributed by atoms with E-state index in [1.54, 1.807) is 12.3 Å². The van der Waals surface area contributed by atoms with Gasteiger partial charge in [0.1, 0.15) is 11.5 Å². The number of rotatable bonds is 5. The van der Waals surface area contributed by atoms with Crippen molar-refractivity contribution in [1.82, 2.24) is 9.88 Å². The molecule has 0 spiro atoms. The number of hydrogen-bond donors (Lipinski definition) is 1. The first-order valence-electron chi connectivity index (χ1n) is 10.1. The van der Waals surface area contributed by atoms with Gasteiger partial charge in [0.25, 0.3) is 11.8 Å². The molecular formula is C22H20F5N3O2S. The summed E-state index contributed by atoms with van der Waals surface area (Å²) in [7, 11) is 0. The summed E-state index contributed by atoms with van der Waals surface area (Å²) in [6.45, 7) is 2.51. The van der Waals surface area contributed by atoms with Crippen molar-refractivity contribution in [2.75, 3.05) is 18.4 Å². The van der Waals surface area contributed by atoms with Crippen LogP contribution in [-0.2, 0) is 12.7 Å². The molecule has 0 radical (unpaired) electrons. The lowest BCUT2D eigenvalue weighted by Crippen LogP contribution is -2.38. The molecule has 0 bridgehead atoms. The number of halogens is 5.